The van der Waals surface area contributed by atoms with E-state index in [1.807, 2.05) is 0 Å². The lowest BCUT2D eigenvalue weighted by atomic mass is 10.1. The van der Waals surface area contributed by atoms with Crippen LogP contribution in [0.15, 0.2) is 23.7 Å². The molecule has 1 N–H and O–H groups in total. The van der Waals surface area contributed by atoms with Gasteiger partial charge in [-0.15, -0.1) is 11.3 Å². The zero-order valence-corrected chi connectivity index (χ0v) is 15.8. The zero-order chi connectivity index (χ0) is 19.1. The summed E-state index contributed by atoms with van der Waals surface area (Å²) >= 11 is 1.25. The predicted molar refractivity (Wildman–Crippen MR) is 99.1 cm³/mol. The maximum absolute atomic E-state index is 12.3. The molecule has 3 rings (SSSR count). The number of pyridine rings is 1. The third kappa shape index (κ3) is 5.73. The second-order valence-electron chi connectivity index (χ2n) is 5.89. The van der Waals surface area contributed by atoms with Crippen molar-refractivity contribution in [2.75, 3.05) is 25.1 Å². The highest BCUT2D eigenvalue weighted by molar-refractivity contribution is 7.14. The van der Waals surface area contributed by atoms with Crippen LogP contribution in [-0.4, -0.2) is 47.8 Å². The van der Waals surface area contributed by atoms with Crippen LogP contribution in [0, 0.1) is 0 Å². The molecule has 3 heterocycles. The van der Waals surface area contributed by atoms with Crippen LogP contribution in [-0.2, 0) is 20.7 Å². The Morgan fingerprint density at radius 1 is 1.33 bits per heavy atom. The Bertz CT molecular complexity index is 772. The summed E-state index contributed by atoms with van der Waals surface area (Å²) < 4.78 is 16.0. The van der Waals surface area contributed by atoms with Crippen molar-refractivity contribution < 1.29 is 23.8 Å². The van der Waals surface area contributed by atoms with Crippen LogP contribution in [0.25, 0.3) is 0 Å². The standard InChI is InChI=1S/C18H21N3O5S/c1-2-25-16(22)9-13-11-27-18(20-13)21-17(23)12-3-4-15(19-10-12)26-14-5-7-24-8-6-14/h3-4,10-11,14H,2,5-9H2,1H3,(H,20,21,23). The second-order valence-corrected chi connectivity index (χ2v) is 6.75. The SMILES string of the molecule is CCOC(=O)Cc1csc(NC(=O)c2ccc(OC3CCOCC3)nc2)n1. The van der Waals surface area contributed by atoms with Crippen LogP contribution in [0.4, 0.5) is 5.13 Å². The molecule has 0 atom stereocenters. The summed E-state index contributed by atoms with van der Waals surface area (Å²) in [7, 11) is 0. The van der Waals surface area contributed by atoms with Gasteiger partial charge in [0, 0.05) is 30.5 Å². The fourth-order valence-electron chi connectivity index (χ4n) is 2.52. The summed E-state index contributed by atoms with van der Waals surface area (Å²) in [6.45, 7) is 3.46. The number of hydrogen-bond acceptors (Lipinski definition) is 8. The van der Waals surface area contributed by atoms with E-state index in [2.05, 4.69) is 15.3 Å². The van der Waals surface area contributed by atoms with Crippen molar-refractivity contribution in [2.45, 2.75) is 32.3 Å². The number of nitrogens with one attached hydrogen (secondary N) is 1. The van der Waals surface area contributed by atoms with E-state index in [0.717, 1.165) is 12.8 Å². The Morgan fingerprint density at radius 2 is 2.15 bits per heavy atom. The van der Waals surface area contributed by atoms with Crippen LogP contribution in [0.5, 0.6) is 5.88 Å². The molecule has 1 saturated heterocycles. The normalized spacial score (nSPS) is 14.6. The third-order valence-electron chi connectivity index (χ3n) is 3.86. The lowest BCUT2D eigenvalue weighted by molar-refractivity contribution is -0.142. The first-order chi connectivity index (χ1) is 13.1. The highest BCUT2D eigenvalue weighted by atomic mass is 32.1. The van der Waals surface area contributed by atoms with Crippen molar-refractivity contribution >= 4 is 28.3 Å². The van der Waals surface area contributed by atoms with Crippen LogP contribution in [0.2, 0.25) is 0 Å². The topological polar surface area (TPSA) is 99.6 Å². The van der Waals surface area contributed by atoms with E-state index in [1.165, 1.54) is 17.5 Å². The smallest absolute Gasteiger partial charge is 0.311 e. The first-order valence-electron chi connectivity index (χ1n) is 8.76. The summed E-state index contributed by atoms with van der Waals surface area (Å²) in [4.78, 5) is 32.2. The van der Waals surface area contributed by atoms with Gasteiger partial charge < -0.3 is 14.2 Å². The van der Waals surface area contributed by atoms with Crippen LogP contribution in [0.3, 0.4) is 0 Å². The highest BCUT2D eigenvalue weighted by Crippen LogP contribution is 2.19. The minimum atomic E-state index is -0.343. The van der Waals surface area contributed by atoms with Gasteiger partial charge >= 0.3 is 5.97 Å². The maximum atomic E-state index is 12.3. The van der Waals surface area contributed by atoms with Gasteiger partial charge in [-0.2, -0.15) is 0 Å². The molecule has 0 radical (unpaired) electrons. The molecular weight excluding hydrogens is 370 g/mol. The van der Waals surface area contributed by atoms with E-state index in [4.69, 9.17) is 14.2 Å². The van der Waals surface area contributed by atoms with Gasteiger partial charge in [0.25, 0.3) is 5.91 Å². The first-order valence-corrected chi connectivity index (χ1v) is 9.64. The Kier molecular flexibility index (Phi) is 6.72. The molecule has 9 heteroatoms. The minimum Gasteiger partial charge on any atom is -0.474 e. The third-order valence-corrected chi connectivity index (χ3v) is 4.66. The molecule has 1 amide bonds. The van der Waals surface area contributed by atoms with Gasteiger partial charge in [-0.05, 0) is 13.0 Å². The molecule has 8 nitrogen and oxygen atoms in total. The zero-order valence-electron chi connectivity index (χ0n) is 15.0. The molecule has 0 spiro atoms. The molecule has 1 aliphatic heterocycles. The van der Waals surface area contributed by atoms with E-state index < -0.39 is 0 Å². The van der Waals surface area contributed by atoms with Gasteiger partial charge in [-0.3, -0.25) is 14.9 Å². The number of esters is 1. The van der Waals surface area contributed by atoms with E-state index in [1.54, 1.807) is 24.4 Å². The Balaban J connectivity index is 1.53. The van der Waals surface area contributed by atoms with Crippen molar-refractivity contribution in [3.63, 3.8) is 0 Å². The highest BCUT2D eigenvalue weighted by Gasteiger charge is 2.16. The Morgan fingerprint density at radius 3 is 2.85 bits per heavy atom. The first kappa shape index (κ1) is 19.2. The molecular formula is C18H21N3O5S. The predicted octanol–water partition coefficient (Wildman–Crippen LogP) is 2.45. The Hall–Kier alpha value is -2.52. The molecule has 0 aromatic carbocycles. The summed E-state index contributed by atoms with van der Waals surface area (Å²) in [6, 6.07) is 3.34. The molecule has 1 fully saturated rings. The maximum Gasteiger partial charge on any atom is 0.311 e. The number of ether oxygens (including phenoxy) is 3. The number of rotatable bonds is 7. The van der Waals surface area contributed by atoms with E-state index in [0.29, 0.717) is 42.1 Å². The quantitative estimate of drug-likeness (QED) is 0.724. The number of aromatic nitrogens is 2. The minimum absolute atomic E-state index is 0.0833. The van der Waals surface area contributed by atoms with Crippen molar-refractivity contribution in [3.05, 3.63) is 35.0 Å². The number of amides is 1. The molecule has 27 heavy (non-hydrogen) atoms. The van der Waals surface area contributed by atoms with Crippen molar-refractivity contribution in [2.24, 2.45) is 0 Å². The van der Waals surface area contributed by atoms with Crippen LogP contribution < -0.4 is 10.1 Å². The molecule has 2 aromatic rings. The summed E-state index contributed by atoms with van der Waals surface area (Å²) in [6.07, 6.45) is 3.32. The number of thiazole rings is 1. The fourth-order valence-corrected chi connectivity index (χ4v) is 3.23. The number of hydrogen-bond donors (Lipinski definition) is 1. The van der Waals surface area contributed by atoms with E-state index in [-0.39, 0.29) is 24.4 Å². The van der Waals surface area contributed by atoms with E-state index >= 15 is 0 Å². The number of anilines is 1. The molecule has 0 aliphatic carbocycles. The average molecular weight is 391 g/mol. The number of carbonyl (C=O) groups excluding carboxylic acids is 2. The lowest BCUT2D eigenvalue weighted by Gasteiger charge is -2.22. The van der Waals surface area contributed by atoms with Crippen molar-refractivity contribution in [3.8, 4) is 5.88 Å². The van der Waals surface area contributed by atoms with Crippen molar-refractivity contribution in [1.82, 2.24) is 9.97 Å². The molecule has 0 bridgehead atoms. The molecule has 2 aromatic heterocycles. The van der Waals surface area contributed by atoms with Gasteiger partial charge in [0.05, 0.1) is 37.5 Å². The van der Waals surface area contributed by atoms with Crippen LogP contribution in [0.1, 0.15) is 35.8 Å². The lowest BCUT2D eigenvalue weighted by Crippen LogP contribution is -2.26. The fraction of sp³-hybridized carbons (Fsp3) is 0.444. The molecule has 1 aliphatic rings. The van der Waals surface area contributed by atoms with Gasteiger partial charge in [-0.25, -0.2) is 9.97 Å². The second kappa shape index (κ2) is 9.43. The van der Waals surface area contributed by atoms with Crippen molar-refractivity contribution in [1.29, 1.82) is 0 Å². The number of carbonyl (C=O) groups is 2. The number of nitrogens with zero attached hydrogens (tertiary/aromatic N) is 2. The molecule has 0 saturated carbocycles. The summed E-state index contributed by atoms with van der Waals surface area (Å²) in [5.74, 6) is -0.174. The van der Waals surface area contributed by atoms with Gasteiger partial charge in [0.2, 0.25) is 5.88 Å². The monoisotopic (exact) mass is 391 g/mol. The molecule has 0 unspecified atom stereocenters. The van der Waals surface area contributed by atoms with E-state index in [9.17, 15) is 9.59 Å². The molecule has 144 valence electrons. The largest absolute Gasteiger partial charge is 0.474 e. The van der Waals surface area contributed by atoms with Gasteiger partial charge in [0.15, 0.2) is 5.13 Å². The Labute approximate surface area is 160 Å². The summed E-state index contributed by atoms with van der Waals surface area (Å²) in [5, 5.41) is 4.84. The average Bonchev–Trinajstić information content (AvgIpc) is 3.10. The van der Waals surface area contributed by atoms with Gasteiger partial charge in [0.1, 0.15) is 6.10 Å². The van der Waals surface area contributed by atoms with Gasteiger partial charge in [-0.1, -0.05) is 0 Å². The summed E-state index contributed by atoms with van der Waals surface area (Å²) in [5.41, 5.74) is 0.962. The van der Waals surface area contributed by atoms with Crippen LogP contribution >= 0.6 is 11.3 Å².